The summed E-state index contributed by atoms with van der Waals surface area (Å²) < 4.78 is 5.72. The standard InChI is InChI=1S/C13H20N2O/c1-2-9-15(10-8-14)13(11-16-13)12-6-4-3-5-7-12/h3-7H,2,8-11,14H2,1H3. The highest BCUT2D eigenvalue weighted by atomic mass is 16.6. The third-order valence-electron chi connectivity index (χ3n) is 3.05. The molecule has 0 saturated carbocycles. The molecular weight excluding hydrogens is 200 g/mol. The summed E-state index contributed by atoms with van der Waals surface area (Å²) in [6.07, 6.45) is 1.12. The number of nitrogens with two attached hydrogens (primary N) is 1. The predicted molar refractivity (Wildman–Crippen MR) is 65.0 cm³/mol. The lowest BCUT2D eigenvalue weighted by atomic mass is 10.1. The molecule has 1 saturated heterocycles. The largest absolute Gasteiger partial charge is 0.349 e. The zero-order valence-corrected chi connectivity index (χ0v) is 9.86. The lowest BCUT2D eigenvalue weighted by Gasteiger charge is -2.28. The van der Waals surface area contributed by atoms with Crippen LogP contribution in [0.15, 0.2) is 30.3 Å². The molecule has 2 N–H and O–H groups in total. The Labute approximate surface area is 97.2 Å². The topological polar surface area (TPSA) is 41.8 Å². The molecule has 0 aromatic heterocycles. The molecular formula is C13H20N2O. The second-order valence-corrected chi connectivity index (χ2v) is 4.21. The van der Waals surface area contributed by atoms with Gasteiger partial charge in [-0.3, -0.25) is 4.90 Å². The first-order chi connectivity index (χ1) is 7.83. The van der Waals surface area contributed by atoms with Gasteiger partial charge < -0.3 is 10.5 Å². The van der Waals surface area contributed by atoms with Crippen molar-refractivity contribution in [3.8, 4) is 0 Å². The molecule has 0 amide bonds. The molecule has 3 heteroatoms. The fraction of sp³-hybridized carbons (Fsp3) is 0.538. The van der Waals surface area contributed by atoms with Gasteiger partial charge in [-0.2, -0.15) is 0 Å². The summed E-state index contributed by atoms with van der Waals surface area (Å²) in [7, 11) is 0. The minimum absolute atomic E-state index is 0.184. The van der Waals surface area contributed by atoms with E-state index < -0.39 is 0 Å². The smallest absolute Gasteiger partial charge is 0.171 e. The number of ether oxygens (including phenoxy) is 1. The van der Waals surface area contributed by atoms with Crippen molar-refractivity contribution in [2.45, 2.75) is 19.1 Å². The Balaban J connectivity index is 2.17. The fourth-order valence-electron chi connectivity index (χ4n) is 2.20. The first-order valence-corrected chi connectivity index (χ1v) is 5.98. The van der Waals surface area contributed by atoms with Gasteiger partial charge in [0.2, 0.25) is 0 Å². The van der Waals surface area contributed by atoms with E-state index in [2.05, 4.69) is 36.1 Å². The van der Waals surface area contributed by atoms with E-state index in [0.717, 1.165) is 26.1 Å². The quantitative estimate of drug-likeness (QED) is 0.739. The van der Waals surface area contributed by atoms with Crippen LogP contribution in [0.5, 0.6) is 0 Å². The van der Waals surface area contributed by atoms with Crippen molar-refractivity contribution in [3.05, 3.63) is 35.9 Å². The maximum absolute atomic E-state index is 5.72. The highest BCUT2D eigenvalue weighted by Crippen LogP contribution is 2.41. The molecule has 2 rings (SSSR count). The molecule has 1 aromatic carbocycles. The highest BCUT2D eigenvalue weighted by Gasteiger charge is 2.50. The van der Waals surface area contributed by atoms with Crippen LogP contribution in [0.2, 0.25) is 0 Å². The lowest BCUT2D eigenvalue weighted by molar-refractivity contribution is 0.0784. The van der Waals surface area contributed by atoms with Gasteiger partial charge in [0.1, 0.15) is 0 Å². The van der Waals surface area contributed by atoms with Crippen molar-refractivity contribution >= 4 is 0 Å². The average Bonchev–Trinajstić information content (AvgIpc) is 3.11. The number of hydrogen-bond acceptors (Lipinski definition) is 3. The van der Waals surface area contributed by atoms with Gasteiger partial charge in [-0.1, -0.05) is 37.3 Å². The van der Waals surface area contributed by atoms with Crippen LogP contribution in [0.4, 0.5) is 0 Å². The third kappa shape index (κ3) is 2.12. The summed E-state index contributed by atoms with van der Waals surface area (Å²) in [4.78, 5) is 2.35. The van der Waals surface area contributed by atoms with Crippen molar-refractivity contribution in [1.29, 1.82) is 0 Å². The summed E-state index contributed by atoms with van der Waals surface area (Å²) in [5, 5.41) is 0. The Hall–Kier alpha value is -0.900. The lowest BCUT2D eigenvalue weighted by Crippen LogP contribution is -2.40. The second-order valence-electron chi connectivity index (χ2n) is 4.21. The normalized spacial score (nSPS) is 23.7. The number of epoxide rings is 1. The SMILES string of the molecule is CCCN(CCN)C1(c2ccccc2)CO1. The Morgan fingerprint density at radius 3 is 2.50 bits per heavy atom. The summed E-state index contributed by atoms with van der Waals surface area (Å²) in [6, 6.07) is 10.4. The van der Waals surface area contributed by atoms with Crippen LogP contribution < -0.4 is 5.73 Å². The number of hydrogen-bond donors (Lipinski definition) is 1. The molecule has 88 valence electrons. The van der Waals surface area contributed by atoms with Gasteiger partial charge >= 0.3 is 0 Å². The molecule has 1 heterocycles. The summed E-state index contributed by atoms with van der Waals surface area (Å²) in [5.41, 5.74) is 6.73. The summed E-state index contributed by atoms with van der Waals surface area (Å²) >= 11 is 0. The van der Waals surface area contributed by atoms with E-state index in [0.29, 0.717) is 6.54 Å². The average molecular weight is 220 g/mol. The molecule has 0 bridgehead atoms. The van der Waals surface area contributed by atoms with Gasteiger partial charge in [0, 0.05) is 25.2 Å². The molecule has 1 atom stereocenters. The van der Waals surface area contributed by atoms with Gasteiger partial charge in [0.05, 0.1) is 6.61 Å². The number of nitrogens with zero attached hydrogens (tertiary/aromatic N) is 1. The van der Waals surface area contributed by atoms with Crippen LogP contribution >= 0.6 is 0 Å². The Morgan fingerprint density at radius 2 is 2.00 bits per heavy atom. The van der Waals surface area contributed by atoms with Gasteiger partial charge in [0.25, 0.3) is 0 Å². The van der Waals surface area contributed by atoms with E-state index >= 15 is 0 Å². The summed E-state index contributed by atoms with van der Waals surface area (Å²) in [5.74, 6) is 0. The molecule has 16 heavy (non-hydrogen) atoms. The van der Waals surface area contributed by atoms with Crippen LogP contribution in [0, 0.1) is 0 Å². The molecule has 1 aliphatic heterocycles. The fourth-order valence-corrected chi connectivity index (χ4v) is 2.20. The molecule has 0 aliphatic carbocycles. The molecule has 1 aromatic rings. The van der Waals surface area contributed by atoms with Crippen LogP contribution in [0.1, 0.15) is 18.9 Å². The minimum atomic E-state index is -0.184. The van der Waals surface area contributed by atoms with E-state index in [4.69, 9.17) is 10.5 Å². The van der Waals surface area contributed by atoms with Crippen molar-refractivity contribution in [3.63, 3.8) is 0 Å². The number of rotatable bonds is 6. The Kier molecular flexibility index (Phi) is 3.59. The van der Waals surface area contributed by atoms with Crippen molar-refractivity contribution in [2.24, 2.45) is 5.73 Å². The van der Waals surface area contributed by atoms with Crippen LogP contribution in [0.3, 0.4) is 0 Å². The van der Waals surface area contributed by atoms with Crippen molar-refractivity contribution in [1.82, 2.24) is 4.90 Å². The van der Waals surface area contributed by atoms with Gasteiger partial charge in [0.15, 0.2) is 5.72 Å². The Morgan fingerprint density at radius 1 is 1.31 bits per heavy atom. The molecule has 1 unspecified atom stereocenters. The maximum Gasteiger partial charge on any atom is 0.171 e. The molecule has 0 radical (unpaired) electrons. The maximum atomic E-state index is 5.72. The molecule has 0 spiro atoms. The van der Waals surface area contributed by atoms with Gasteiger partial charge in [-0.15, -0.1) is 0 Å². The summed E-state index contributed by atoms with van der Waals surface area (Å²) in [6.45, 7) is 5.58. The van der Waals surface area contributed by atoms with Crippen LogP contribution in [-0.2, 0) is 10.5 Å². The zero-order valence-electron chi connectivity index (χ0n) is 9.86. The second kappa shape index (κ2) is 4.95. The number of benzene rings is 1. The first kappa shape index (κ1) is 11.6. The highest BCUT2D eigenvalue weighted by molar-refractivity contribution is 5.26. The van der Waals surface area contributed by atoms with Crippen LogP contribution in [-0.4, -0.2) is 31.1 Å². The molecule has 3 nitrogen and oxygen atoms in total. The van der Waals surface area contributed by atoms with Crippen molar-refractivity contribution in [2.75, 3.05) is 26.2 Å². The van der Waals surface area contributed by atoms with Gasteiger partial charge in [-0.25, -0.2) is 0 Å². The van der Waals surface area contributed by atoms with Crippen molar-refractivity contribution < 1.29 is 4.74 Å². The van der Waals surface area contributed by atoms with E-state index in [1.165, 1.54) is 5.56 Å². The van der Waals surface area contributed by atoms with E-state index in [1.54, 1.807) is 0 Å². The Bertz CT molecular complexity index is 316. The predicted octanol–water partition coefficient (Wildman–Crippen LogP) is 1.54. The third-order valence-corrected chi connectivity index (χ3v) is 3.05. The van der Waals surface area contributed by atoms with E-state index in [-0.39, 0.29) is 5.72 Å². The first-order valence-electron chi connectivity index (χ1n) is 5.98. The van der Waals surface area contributed by atoms with Gasteiger partial charge in [-0.05, 0) is 6.42 Å². The van der Waals surface area contributed by atoms with Crippen LogP contribution in [0.25, 0.3) is 0 Å². The molecule has 1 fully saturated rings. The van der Waals surface area contributed by atoms with E-state index in [1.807, 2.05) is 6.07 Å². The monoisotopic (exact) mass is 220 g/mol. The zero-order chi connectivity index (χ0) is 11.4. The molecule has 1 aliphatic rings. The van der Waals surface area contributed by atoms with E-state index in [9.17, 15) is 0 Å². The minimum Gasteiger partial charge on any atom is -0.349 e.